The van der Waals surface area contributed by atoms with Gasteiger partial charge in [-0.2, -0.15) is 0 Å². The zero-order valence-electron chi connectivity index (χ0n) is 5.07. The number of amides is 1. The highest BCUT2D eigenvalue weighted by Crippen LogP contribution is 2.07. The largest absolute Gasteiger partial charge is 0.322 e. The predicted octanol–water partition coefficient (Wildman–Crippen LogP) is -0.565. The number of rotatable bonds is 2. The minimum Gasteiger partial charge on any atom is -0.322 e. The molecule has 54 valence electrons. The van der Waals surface area contributed by atoms with Crippen molar-refractivity contribution < 1.29 is 4.79 Å². The lowest BCUT2D eigenvalue weighted by molar-refractivity contribution is -0.114. The molecule has 0 aliphatic rings. The Balaban J connectivity index is 2.48. The Hall–Kier alpha value is -1.01. The van der Waals surface area contributed by atoms with Crippen molar-refractivity contribution in [2.45, 2.75) is 0 Å². The van der Waals surface area contributed by atoms with E-state index in [0.29, 0.717) is 5.00 Å². The zero-order chi connectivity index (χ0) is 7.40. The Bertz CT molecular complexity index is 209. The quantitative estimate of drug-likeness (QED) is 0.604. The highest BCUT2D eigenvalue weighted by Gasteiger charge is 1.99. The van der Waals surface area contributed by atoms with Crippen molar-refractivity contribution >= 4 is 22.4 Å². The molecule has 3 N–H and O–H groups in total. The maximum atomic E-state index is 10.6. The van der Waals surface area contributed by atoms with Gasteiger partial charge in [0, 0.05) is 11.5 Å². The van der Waals surface area contributed by atoms with Crippen LogP contribution in [0.15, 0.2) is 6.20 Å². The molecule has 0 unspecified atom stereocenters. The van der Waals surface area contributed by atoms with Crippen LogP contribution in [-0.2, 0) is 4.79 Å². The topological polar surface area (TPSA) is 80.9 Å². The molecule has 0 bridgehead atoms. The number of nitrogens with two attached hydrogens (primary N) is 1. The van der Waals surface area contributed by atoms with Crippen molar-refractivity contribution in [1.29, 1.82) is 0 Å². The van der Waals surface area contributed by atoms with Crippen LogP contribution in [0.1, 0.15) is 0 Å². The minimum atomic E-state index is -0.231. The van der Waals surface area contributed by atoms with Crippen molar-refractivity contribution in [1.82, 2.24) is 9.59 Å². The molecular formula is C4H6N4OS. The molecule has 5 nitrogen and oxygen atoms in total. The van der Waals surface area contributed by atoms with E-state index in [4.69, 9.17) is 5.73 Å². The van der Waals surface area contributed by atoms with Crippen LogP contribution in [0, 0.1) is 0 Å². The molecule has 0 aromatic carbocycles. The normalized spacial score (nSPS) is 9.30. The van der Waals surface area contributed by atoms with Crippen LogP contribution in [0.25, 0.3) is 0 Å². The molecule has 1 aromatic heterocycles. The van der Waals surface area contributed by atoms with Gasteiger partial charge in [-0.15, -0.1) is 5.10 Å². The van der Waals surface area contributed by atoms with Crippen LogP contribution in [-0.4, -0.2) is 22.0 Å². The first-order valence-corrected chi connectivity index (χ1v) is 3.37. The molecule has 1 amide bonds. The summed E-state index contributed by atoms with van der Waals surface area (Å²) >= 11 is 1.12. The van der Waals surface area contributed by atoms with Crippen molar-refractivity contribution in [2.24, 2.45) is 5.73 Å². The number of carbonyl (C=O) groups is 1. The van der Waals surface area contributed by atoms with E-state index in [9.17, 15) is 4.79 Å². The summed E-state index contributed by atoms with van der Waals surface area (Å²) in [6.07, 6.45) is 1.47. The van der Waals surface area contributed by atoms with Gasteiger partial charge in [0.2, 0.25) is 5.91 Å². The minimum absolute atomic E-state index is 0.0160. The number of hydrogen-bond donors (Lipinski definition) is 2. The van der Waals surface area contributed by atoms with Crippen LogP contribution >= 0.6 is 11.5 Å². The third-order valence-corrected chi connectivity index (χ3v) is 1.39. The molecule has 0 atom stereocenters. The molecule has 1 heterocycles. The number of aromatic nitrogens is 2. The van der Waals surface area contributed by atoms with E-state index in [0.717, 1.165) is 11.5 Å². The monoisotopic (exact) mass is 158 g/mol. The third-order valence-electron chi connectivity index (χ3n) is 0.809. The fourth-order valence-corrected chi connectivity index (χ4v) is 0.847. The Morgan fingerprint density at radius 3 is 3.20 bits per heavy atom. The maximum absolute atomic E-state index is 10.6. The first-order valence-electron chi connectivity index (χ1n) is 2.60. The van der Waals surface area contributed by atoms with Gasteiger partial charge in [0.1, 0.15) is 5.00 Å². The predicted molar refractivity (Wildman–Crippen MR) is 37.6 cm³/mol. The summed E-state index contributed by atoms with van der Waals surface area (Å²) in [4.78, 5) is 10.6. The summed E-state index contributed by atoms with van der Waals surface area (Å²) in [6, 6.07) is 0. The summed E-state index contributed by atoms with van der Waals surface area (Å²) in [7, 11) is 0. The average molecular weight is 158 g/mol. The van der Waals surface area contributed by atoms with E-state index in [-0.39, 0.29) is 12.5 Å². The van der Waals surface area contributed by atoms with E-state index >= 15 is 0 Å². The average Bonchev–Trinajstić information content (AvgIpc) is 2.40. The Labute approximate surface area is 61.4 Å². The van der Waals surface area contributed by atoms with E-state index in [1.165, 1.54) is 6.20 Å². The van der Waals surface area contributed by atoms with Crippen LogP contribution in [0.4, 0.5) is 5.00 Å². The van der Waals surface area contributed by atoms with Gasteiger partial charge in [0.05, 0.1) is 12.7 Å². The standard InChI is InChI=1S/C4H6N4OS/c5-1-3(9)7-4-2-6-8-10-4/h2H,1,5H2,(H,7,9). The van der Waals surface area contributed by atoms with Gasteiger partial charge in [-0.05, 0) is 0 Å². The van der Waals surface area contributed by atoms with Gasteiger partial charge in [-0.1, -0.05) is 4.49 Å². The fourth-order valence-electron chi connectivity index (χ4n) is 0.411. The summed E-state index contributed by atoms with van der Waals surface area (Å²) in [5.41, 5.74) is 5.04. The molecule has 0 fully saturated rings. The molecule has 0 saturated heterocycles. The van der Waals surface area contributed by atoms with Crippen molar-refractivity contribution in [2.75, 3.05) is 11.9 Å². The Morgan fingerprint density at radius 1 is 1.90 bits per heavy atom. The molecule has 1 rings (SSSR count). The molecule has 0 saturated carbocycles. The van der Waals surface area contributed by atoms with Crippen LogP contribution < -0.4 is 11.1 Å². The number of carbonyl (C=O) groups excluding carboxylic acids is 1. The Kier molecular flexibility index (Phi) is 2.30. The summed E-state index contributed by atoms with van der Waals surface area (Å²) in [5.74, 6) is -0.231. The molecule has 0 aliphatic heterocycles. The van der Waals surface area contributed by atoms with Gasteiger partial charge in [-0.25, -0.2) is 0 Å². The molecule has 10 heavy (non-hydrogen) atoms. The fraction of sp³-hybridized carbons (Fsp3) is 0.250. The SMILES string of the molecule is NCC(=O)Nc1cnns1. The van der Waals surface area contributed by atoms with Crippen LogP contribution in [0.3, 0.4) is 0 Å². The smallest absolute Gasteiger partial charge is 0.238 e. The second-order valence-corrected chi connectivity index (χ2v) is 2.32. The number of nitrogens with one attached hydrogen (secondary N) is 1. The highest BCUT2D eigenvalue weighted by molar-refractivity contribution is 7.10. The lowest BCUT2D eigenvalue weighted by Crippen LogP contribution is -2.21. The molecule has 0 spiro atoms. The lowest BCUT2D eigenvalue weighted by Gasteiger charge is -1.94. The second-order valence-electron chi connectivity index (χ2n) is 1.53. The van der Waals surface area contributed by atoms with E-state index in [2.05, 4.69) is 14.9 Å². The molecule has 0 aliphatic carbocycles. The third kappa shape index (κ3) is 1.74. The van der Waals surface area contributed by atoms with Crippen molar-refractivity contribution in [3.63, 3.8) is 0 Å². The first kappa shape index (κ1) is 7.10. The van der Waals surface area contributed by atoms with E-state index < -0.39 is 0 Å². The number of anilines is 1. The van der Waals surface area contributed by atoms with Gasteiger partial charge in [0.25, 0.3) is 0 Å². The van der Waals surface area contributed by atoms with Gasteiger partial charge >= 0.3 is 0 Å². The first-order chi connectivity index (χ1) is 4.83. The number of hydrogen-bond acceptors (Lipinski definition) is 5. The van der Waals surface area contributed by atoms with Crippen LogP contribution in [0.5, 0.6) is 0 Å². The summed E-state index contributed by atoms with van der Waals surface area (Å²) < 4.78 is 3.55. The van der Waals surface area contributed by atoms with Crippen LogP contribution in [0.2, 0.25) is 0 Å². The Morgan fingerprint density at radius 2 is 2.70 bits per heavy atom. The van der Waals surface area contributed by atoms with E-state index in [1.807, 2.05) is 0 Å². The number of nitrogens with zero attached hydrogens (tertiary/aromatic N) is 2. The molecule has 1 aromatic rings. The lowest BCUT2D eigenvalue weighted by atomic mass is 10.6. The highest BCUT2D eigenvalue weighted by atomic mass is 32.1. The summed E-state index contributed by atoms with van der Waals surface area (Å²) in [6.45, 7) is -0.0160. The van der Waals surface area contributed by atoms with Gasteiger partial charge in [-0.3, -0.25) is 4.79 Å². The van der Waals surface area contributed by atoms with Crippen molar-refractivity contribution in [3.05, 3.63) is 6.20 Å². The van der Waals surface area contributed by atoms with Crippen molar-refractivity contribution in [3.8, 4) is 0 Å². The molecular weight excluding hydrogens is 152 g/mol. The van der Waals surface area contributed by atoms with Gasteiger partial charge in [0.15, 0.2) is 0 Å². The zero-order valence-corrected chi connectivity index (χ0v) is 5.89. The van der Waals surface area contributed by atoms with Gasteiger partial charge < -0.3 is 11.1 Å². The molecule has 6 heteroatoms. The molecule has 0 radical (unpaired) electrons. The van der Waals surface area contributed by atoms with E-state index in [1.54, 1.807) is 0 Å². The summed E-state index contributed by atoms with van der Waals surface area (Å²) in [5, 5.41) is 6.64. The second kappa shape index (κ2) is 3.23. The maximum Gasteiger partial charge on any atom is 0.238 e.